The first-order valence-corrected chi connectivity index (χ1v) is 4.21. The van der Waals surface area contributed by atoms with E-state index >= 15 is 0 Å². The van der Waals surface area contributed by atoms with Crippen LogP contribution in [-0.4, -0.2) is 18.5 Å². The van der Waals surface area contributed by atoms with Crippen molar-refractivity contribution in [2.75, 3.05) is 7.11 Å². The zero-order valence-corrected chi connectivity index (χ0v) is 8.27. The summed E-state index contributed by atoms with van der Waals surface area (Å²) in [6.07, 6.45) is 0. The predicted molar refractivity (Wildman–Crippen MR) is 57.3 cm³/mol. The first-order chi connectivity index (χ1) is 6.79. The van der Waals surface area contributed by atoms with Crippen LogP contribution in [0.15, 0.2) is 40.6 Å². The second-order valence-electron chi connectivity index (χ2n) is 2.70. The lowest BCUT2D eigenvalue weighted by molar-refractivity contribution is 0.214. The maximum Gasteiger partial charge on any atom is 0.132 e. The number of hydrazone groups is 1. The standard InChI is InChI=1S/C10H13N3O/c1-8(12-11)10(13-14-2)9-6-4-3-5-7-9/h3-7H,11H2,1-2H3/b12-8+,13-10+. The van der Waals surface area contributed by atoms with E-state index in [9.17, 15) is 0 Å². The molecule has 1 rings (SSSR count). The molecule has 1 aromatic carbocycles. The van der Waals surface area contributed by atoms with Crippen molar-refractivity contribution in [3.63, 3.8) is 0 Å². The molecule has 4 heteroatoms. The maximum atomic E-state index is 5.19. The Morgan fingerprint density at radius 1 is 1.29 bits per heavy atom. The Hall–Kier alpha value is -1.84. The zero-order valence-electron chi connectivity index (χ0n) is 8.27. The third kappa shape index (κ3) is 2.32. The second kappa shape index (κ2) is 5.01. The number of hydrogen-bond donors (Lipinski definition) is 1. The van der Waals surface area contributed by atoms with E-state index in [0.29, 0.717) is 11.4 Å². The molecule has 0 radical (unpaired) electrons. The van der Waals surface area contributed by atoms with Gasteiger partial charge in [-0.25, -0.2) is 0 Å². The van der Waals surface area contributed by atoms with Crippen LogP contribution >= 0.6 is 0 Å². The molecule has 0 aromatic heterocycles. The van der Waals surface area contributed by atoms with Crippen LogP contribution in [0.25, 0.3) is 0 Å². The van der Waals surface area contributed by atoms with Crippen molar-refractivity contribution in [3.8, 4) is 0 Å². The minimum absolute atomic E-state index is 0.637. The van der Waals surface area contributed by atoms with Crippen LogP contribution < -0.4 is 5.84 Å². The number of nitrogens with zero attached hydrogens (tertiary/aromatic N) is 2. The smallest absolute Gasteiger partial charge is 0.132 e. The third-order valence-corrected chi connectivity index (χ3v) is 1.77. The van der Waals surface area contributed by atoms with Gasteiger partial charge < -0.3 is 10.7 Å². The van der Waals surface area contributed by atoms with E-state index in [-0.39, 0.29) is 0 Å². The Morgan fingerprint density at radius 3 is 2.43 bits per heavy atom. The van der Waals surface area contributed by atoms with Crippen LogP contribution in [0.2, 0.25) is 0 Å². The van der Waals surface area contributed by atoms with Crippen LogP contribution in [0, 0.1) is 0 Å². The molecule has 0 unspecified atom stereocenters. The summed E-state index contributed by atoms with van der Waals surface area (Å²) in [7, 11) is 1.49. The van der Waals surface area contributed by atoms with Crippen molar-refractivity contribution < 1.29 is 4.84 Å². The summed E-state index contributed by atoms with van der Waals surface area (Å²) in [6, 6.07) is 9.62. The molecule has 0 fully saturated rings. The lowest BCUT2D eigenvalue weighted by atomic mass is 10.1. The largest absolute Gasteiger partial charge is 0.399 e. The Kier molecular flexibility index (Phi) is 3.67. The average molecular weight is 191 g/mol. The van der Waals surface area contributed by atoms with Gasteiger partial charge in [-0.15, -0.1) is 0 Å². The lowest BCUT2D eigenvalue weighted by Crippen LogP contribution is -2.14. The van der Waals surface area contributed by atoms with Gasteiger partial charge in [0.15, 0.2) is 0 Å². The van der Waals surface area contributed by atoms with E-state index in [1.54, 1.807) is 6.92 Å². The molecule has 1 aromatic rings. The highest BCUT2D eigenvalue weighted by atomic mass is 16.6. The molecule has 0 heterocycles. The van der Waals surface area contributed by atoms with Crippen molar-refractivity contribution >= 4 is 11.4 Å². The quantitative estimate of drug-likeness (QED) is 0.445. The molecule has 0 spiro atoms. The summed E-state index contributed by atoms with van der Waals surface area (Å²) < 4.78 is 0. The molecule has 0 atom stereocenters. The summed E-state index contributed by atoms with van der Waals surface area (Å²) in [4.78, 5) is 4.73. The monoisotopic (exact) mass is 191 g/mol. The van der Waals surface area contributed by atoms with Gasteiger partial charge in [0.05, 0.1) is 5.71 Å². The van der Waals surface area contributed by atoms with Gasteiger partial charge >= 0.3 is 0 Å². The van der Waals surface area contributed by atoms with E-state index in [1.807, 2.05) is 30.3 Å². The van der Waals surface area contributed by atoms with Gasteiger partial charge in [-0.1, -0.05) is 35.5 Å². The summed E-state index contributed by atoms with van der Waals surface area (Å²) >= 11 is 0. The van der Waals surface area contributed by atoms with Crippen LogP contribution in [0.1, 0.15) is 12.5 Å². The highest BCUT2D eigenvalue weighted by molar-refractivity contribution is 6.47. The molecule has 2 N–H and O–H groups in total. The maximum absolute atomic E-state index is 5.19. The van der Waals surface area contributed by atoms with Crippen molar-refractivity contribution in [2.24, 2.45) is 16.1 Å². The number of hydrogen-bond acceptors (Lipinski definition) is 4. The van der Waals surface area contributed by atoms with Gasteiger partial charge in [-0.3, -0.25) is 0 Å². The number of oxime groups is 1. The average Bonchev–Trinajstić information content (AvgIpc) is 2.26. The molecule has 74 valence electrons. The van der Waals surface area contributed by atoms with Gasteiger partial charge in [0.2, 0.25) is 0 Å². The summed E-state index contributed by atoms with van der Waals surface area (Å²) in [5.41, 5.74) is 2.22. The molecule has 0 bridgehead atoms. The molecule has 0 aliphatic carbocycles. The second-order valence-corrected chi connectivity index (χ2v) is 2.70. The molecule has 0 amide bonds. The predicted octanol–water partition coefficient (Wildman–Crippen LogP) is 1.37. The third-order valence-electron chi connectivity index (χ3n) is 1.77. The SMILES string of the molecule is CO/N=C(\C(C)=N\N)c1ccccc1. The highest BCUT2D eigenvalue weighted by Crippen LogP contribution is 2.03. The first kappa shape index (κ1) is 10.2. The van der Waals surface area contributed by atoms with Crippen LogP contribution in [0.3, 0.4) is 0 Å². The zero-order chi connectivity index (χ0) is 10.4. The molecule has 14 heavy (non-hydrogen) atoms. The van der Waals surface area contributed by atoms with Gasteiger partial charge in [-0.05, 0) is 6.92 Å². The number of benzene rings is 1. The minimum Gasteiger partial charge on any atom is -0.399 e. The van der Waals surface area contributed by atoms with Crippen molar-refractivity contribution in [3.05, 3.63) is 35.9 Å². The van der Waals surface area contributed by atoms with Crippen LogP contribution in [-0.2, 0) is 4.84 Å². The van der Waals surface area contributed by atoms with Gasteiger partial charge in [0.25, 0.3) is 0 Å². The summed E-state index contributed by atoms with van der Waals surface area (Å²) in [5, 5.41) is 7.46. The Morgan fingerprint density at radius 2 is 1.93 bits per heavy atom. The van der Waals surface area contributed by atoms with E-state index in [0.717, 1.165) is 5.56 Å². The van der Waals surface area contributed by atoms with Crippen molar-refractivity contribution in [1.82, 2.24) is 0 Å². The van der Waals surface area contributed by atoms with E-state index in [1.165, 1.54) is 7.11 Å². The Labute approximate surface area is 83.1 Å². The van der Waals surface area contributed by atoms with Crippen molar-refractivity contribution in [1.29, 1.82) is 0 Å². The minimum atomic E-state index is 0.637. The van der Waals surface area contributed by atoms with Crippen LogP contribution in [0.5, 0.6) is 0 Å². The Bertz CT molecular complexity index is 344. The highest BCUT2D eigenvalue weighted by Gasteiger charge is 2.07. The molecule has 4 nitrogen and oxygen atoms in total. The van der Waals surface area contributed by atoms with Gasteiger partial charge in [0, 0.05) is 5.56 Å². The Balaban J connectivity index is 3.08. The fourth-order valence-electron chi connectivity index (χ4n) is 1.08. The molecule has 0 aliphatic heterocycles. The molecular weight excluding hydrogens is 178 g/mol. The molecular formula is C10H13N3O. The van der Waals surface area contributed by atoms with Crippen molar-refractivity contribution in [2.45, 2.75) is 6.92 Å². The molecule has 0 aliphatic rings. The lowest BCUT2D eigenvalue weighted by Gasteiger charge is -2.03. The van der Waals surface area contributed by atoms with Gasteiger partial charge in [-0.2, -0.15) is 5.10 Å². The summed E-state index contributed by atoms with van der Waals surface area (Å²) in [5.74, 6) is 5.19. The van der Waals surface area contributed by atoms with E-state index < -0.39 is 0 Å². The summed E-state index contributed by atoms with van der Waals surface area (Å²) in [6.45, 7) is 1.78. The van der Waals surface area contributed by atoms with Gasteiger partial charge in [0.1, 0.15) is 12.8 Å². The fourth-order valence-corrected chi connectivity index (χ4v) is 1.08. The van der Waals surface area contributed by atoms with E-state index in [4.69, 9.17) is 10.7 Å². The first-order valence-electron chi connectivity index (χ1n) is 4.21. The number of nitrogens with two attached hydrogens (primary N) is 1. The molecule has 0 saturated heterocycles. The van der Waals surface area contributed by atoms with Crippen LogP contribution in [0.4, 0.5) is 0 Å². The van der Waals surface area contributed by atoms with E-state index in [2.05, 4.69) is 10.3 Å². The topological polar surface area (TPSA) is 60.0 Å². The number of rotatable bonds is 3. The molecule has 0 saturated carbocycles. The normalized spacial score (nSPS) is 12.7. The fraction of sp³-hybridized carbons (Fsp3) is 0.200.